The van der Waals surface area contributed by atoms with Gasteiger partial charge >= 0.3 is 0 Å². The third-order valence-electron chi connectivity index (χ3n) is 3.33. The van der Waals surface area contributed by atoms with Gasteiger partial charge in [-0.3, -0.25) is 0 Å². The minimum atomic E-state index is 0.614. The van der Waals surface area contributed by atoms with Gasteiger partial charge in [-0.1, -0.05) is 23.7 Å². The number of aromatic nitrogens is 3. The van der Waals surface area contributed by atoms with E-state index in [1.54, 1.807) is 17.2 Å². The second-order valence-electron chi connectivity index (χ2n) is 5.18. The number of halogens is 1. The summed E-state index contributed by atoms with van der Waals surface area (Å²) in [5.74, 6) is 1.57. The van der Waals surface area contributed by atoms with Crippen molar-refractivity contribution >= 4 is 11.6 Å². The van der Waals surface area contributed by atoms with E-state index in [2.05, 4.69) is 10.2 Å². The third kappa shape index (κ3) is 3.28. The molecule has 3 aromatic rings. The summed E-state index contributed by atoms with van der Waals surface area (Å²) >= 11 is 6.19. The van der Waals surface area contributed by atoms with Gasteiger partial charge in [-0.05, 0) is 54.8 Å². The van der Waals surface area contributed by atoms with Crippen molar-refractivity contribution in [3.63, 3.8) is 0 Å². The molecule has 0 saturated heterocycles. The van der Waals surface area contributed by atoms with E-state index in [0.29, 0.717) is 6.54 Å². The number of hydrogen-bond acceptors (Lipinski definition) is 3. The monoisotopic (exact) mass is 313 g/mol. The molecule has 0 N–H and O–H groups in total. The quantitative estimate of drug-likeness (QED) is 0.717. The average molecular weight is 314 g/mol. The van der Waals surface area contributed by atoms with Gasteiger partial charge < -0.3 is 4.74 Å². The van der Waals surface area contributed by atoms with Crippen molar-refractivity contribution in [2.24, 2.45) is 0 Å². The fraction of sp³-hybridized carbons (Fsp3) is 0.176. The summed E-state index contributed by atoms with van der Waals surface area (Å²) in [6, 6.07) is 11.8. The summed E-state index contributed by atoms with van der Waals surface area (Å²) in [6.45, 7) is 4.56. The van der Waals surface area contributed by atoms with Crippen LogP contribution >= 0.6 is 11.6 Å². The van der Waals surface area contributed by atoms with Crippen LogP contribution in [-0.2, 0) is 6.54 Å². The number of nitrogens with zero attached hydrogens (tertiary/aromatic N) is 3. The van der Waals surface area contributed by atoms with Crippen LogP contribution in [0.5, 0.6) is 11.5 Å². The molecule has 0 amide bonds. The van der Waals surface area contributed by atoms with Crippen molar-refractivity contribution in [1.82, 2.24) is 15.0 Å². The van der Waals surface area contributed by atoms with E-state index >= 15 is 0 Å². The van der Waals surface area contributed by atoms with Gasteiger partial charge in [0.15, 0.2) is 0 Å². The van der Waals surface area contributed by atoms with Crippen LogP contribution in [0.4, 0.5) is 0 Å². The number of aryl methyl sites for hydroxylation is 2. The van der Waals surface area contributed by atoms with Crippen molar-refractivity contribution in [1.29, 1.82) is 0 Å². The lowest BCUT2D eigenvalue weighted by molar-refractivity contribution is 0.480. The number of hydrogen-bond donors (Lipinski definition) is 0. The Hall–Kier alpha value is -2.33. The molecule has 0 fully saturated rings. The van der Waals surface area contributed by atoms with Crippen LogP contribution in [-0.4, -0.2) is 15.0 Å². The average Bonchev–Trinajstić information content (AvgIpc) is 2.98. The van der Waals surface area contributed by atoms with Crippen molar-refractivity contribution in [2.75, 3.05) is 0 Å². The van der Waals surface area contributed by atoms with Gasteiger partial charge in [0.1, 0.15) is 11.5 Å². The van der Waals surface area contributed by atoms with Gasteiger partial charge in [0.05, 0.1) is 18.9 Å². The van der Waals surface area contributed by atoms with Gasteiger partial charge in [0.2, 0.25) is 0 Å². The summed E-state index contributed by atoms with van der Waals surface area (Å²) in [7, 11) is 0. The van der Waals surface area contributed by atoms with Gasteiger partial charge in [-0.15, -0.1) is 0 Å². The topological polar surface area (TPSA) is 39.9 Å². The second kappa shape index (κ2) is 6.20. The predicted octanol–water partition coefficient (Wildman–Crippen LogP) is 4.39. The second-order valence-corrected chi connectivity index (χ2v) is 5.56. The molecule has 112 valence electrons. The maximum Gasteiger partial charge on any atom is 0.128 e. The first kappa shape index (κ1) is 14.6. The lowest BCUT2D eigenvalue weighted by atomic mass is 10.1. The van der Waals surface area contributed by atoms with Gasteiger partial charge in [-0.2, -0.15) is 15.0 Å². The normalized spacial score (nSPS) is 10.7. The van der Waals surface area contributed by atoms with Crippen LogP contribution in [0.25, 0.3) is 0 Å². The minimum Gasteiger partial charge on any atom is -0.457 e. The number of benzene rings is 2. The molecule has 0 radical (unpaired) electrons. The van der Waals surface area contributed by atoms with E-state index in [-0.39, 0.29) is 0 Å². The molecule has 3 rings (SSSR count). The Balaban J connectivity index is 1.81. The first-order valence-corrected chi connectivity index (χ1v) is 7.37. The molecular formula is C17H16ClN3O. The Morgan fingerprint density at radius 3 is 2.36 bits per heavy atom. The highest BCUT2D eigenvalue weighted by molar-refractivity contribution is 6.32. The van der Waals surface area contributed by atoms with Gasteiger partial charge in [-0.25, -0.2) is 0 Å². The van der Waals surface area contributed by atoms with E-state index in [1.165, 1.54) is 0 Å². The zero-order valence-corrected chi connectivity index (χ0v) is 13.2. The molecule has 0 spiro atoms. The Morgan fingerprint density at radius 2 is 1.68 bits per heavy atom. The Bertz CT molecular complexity index is 761. The molecule has 0 aliphatic carbocycles. The van der Waals surface area contributed by atoms with Crippen LogP contribution in [0.3, 0.4) is 0 Å². The molecule has 0 saturated carbocycles. The van der Waals surface area contributed by atoms with E-state index in [0.717, 1.165) is 33.2 Å². The lowest BCUT2D eigenvalue weighted by Crippen LogP contribution is -2.03. The van der Waals surface area contributed by atoms with Crippen molar-refractivity contribution < 1.29 is 4.74 Å². The lowest BCUT2D eigenvalue weighted by Gasteiger charge is -2.10. The third-order valence-corrected chi connectivity index (χ3v) is 3.93. The molecule has 0 atom stereocenters. The molecule has 0 unspecified atom stereocenters. The fourth-order valence-corrected chi connectivity index (χ4v) is 2.41. The van der Waals surface area contributed by atoms with Crippen LogP contribution < -0.4 is 4.74 Å². The fourth-order valence-electron chi connectivity index (χ4n) is 2.30. The van der Waals surface area contributed by atoms with Crippen molar-refractivity contribution in [3.05, 3.63) is 70.5 Å². The minimum absolute atomic E-state index is 0.614. The summed E-state index contributed by atoms with van der Waals surface area (Å²) in [6.07, 6.45) is 3.33. The SMILES string of the molecule is Cc1cc(Oc2cccc(Cn3nccn3)c2)cc(C)c1Cl. The summed E-state index contributed by atoms with van der Waals surface area (Å²) < 4.78 is 5.95. The first-order valence-electron chi connectivity index (χ1n) is 6.99. The highest BCUT2D eigenvalue weighted by Crippen LogP contribution is 2.29. The molecule has 0 aliphatic heterocycles. The smallest absolute Gasteiger partial charge is 0.128 e. The Kier molecular flexibility index (Phi) is 4.11. The zero-order chi connectivity index (χ0) is 15.5. The predicted molar refractivity (Wildman–Crippen MR) is 86.6 cm³/mol. The highest BCUT2D eigenvalue weighted by Gasteiger charge is 2.05. The molecule has 5 heteroatoms. The van der Waals surface area contributed by atoms with E-state index < -0.39 is 0 Å². The molecule has 0 aliphatic rings. The standard InChI is InChI=1S/C17H16ClN3O/c1-12-8-16(9-13(2)17(12)18)22-15-5-3-4-14(10-15)11-21-19-6-7-20-21/h3-10H,11H2,1-2H3. The molecule has 22 heavy (non-hydrogen) atoms. The number of rotatable bonds is 4. The Labute approximate surface area is 134 Å². The van der Waals surface area contributed by atoms with Crippen LogP contribution in [0, 0.1) is 13.8 Å². The summed E-state index contributed by atoms with van der Waals surface area (Å²) in [5, 5.41) is 9.00. The first-order chi connectivity index (χ1) is 10.6. The maximum absolute atomic E-state index is 6.19. The molecular weight excluding hydrogens is 298 g/mol. The van der Waals surface area contributed by atoms with E-state index in [9.17, 15) is 0 Å². The van der Waals surface area contributed by atoms with Gasteiger partial charge in [0.25, 0.3) is 0 Å². The zero-order valence-electron chi connectivity index (χ0n) is 12.5. The van der Waals surface area contributed by atoms with Crippen LogP contribution in [0.2, 0.25) is 5.02 Å². The molecule has 1 aromatic heterocycles. The Morgan fingerprint density at radius 1 is 1.00 bits per heavy atom. The molecule has 1 heterocycles. The van der Waals surface area contributed by atoms with E-state index in [4.69, 9.17) is 16.3 Å². The molecule has 2 aromatic carbocycles. The van der Waals surface area contributed by atoms with E-state index in [1.807, 2.05) is 50.2 Å². The van der Waals surface area contributed by atoms with Crippen molar-refractivity contribution in [2.45, 2.75) is 20.4 Å². The maximum atomic E-state index is 6.19. The summed E-state index contributed by atoms with van der Waals surface area (Å²) in [4.78, 5) is 1.63. The van der Waals surface area contributed by atoms with Gasteiger partial charge in [0, 0.05) is 5.02 Å². The highest BCUT2D eigenvalue weighted by atomic mass is 35.5. The number of ether oxygens (including phenoxy) is 1. The summed E-state index contributed by atoms with van der Waals surface area (Å²) in [5.41, 5.74) is 3.10. The molecule has 4 nitrogen and oxygen atoms in total. The van der Waals surface area contributed by atoms with Crippen LogP contribution in [0.1, 0.15) is 16.7 Å². The van der Waals surface area contributed by atoms with Crippen molar-refractivity contribution in [3.8, 4) is 11.5 Å². The van der Waals surface area contributed by atoms with Crippen LogP contribution in [0.15, 0.2) is 48.8 Å². The molecule has 0 bridgehead atoms. The largest absolute Gasteiger partial charge is 0.457 e.